The van der Waals surface area contributed by atoms with Crippen molar-refractivity contribution in [3.8, 4) is 0 Å². The Hall–Kier alpha value is -0.590. The Morgan fingerprint density at radius 3 is 2.43 bits per heavy atom. The molecule has 0 saturated carbocycles. The maximum absolute atomic E-state index is 3.70. The summed E-state index contributed by atoms with van der Waals surface area (Å²) in [6, 6.07) is 0. The molecule has 0 aromatic carbocycles. The van der Waals surface area contributed by atoms with Gasteiger partial charge in [-0.05, 0) is 20.1 Å². The van der Waals surface area contributed by atoms with Crippen molar-refractivity contribution < 1.29 is 0 Å². The maximum Gasteiger partial charge on any atom is 0.0419 e. The lowest BCUT2D eigenvalue weighted by Gasteiger charge is -1.88. The third kappa shape index (κ3) is 5.41. The van der Waals surface area contributed by atoms with Gasteiger partial charge in [-0.2, -0.15) is 0 Å². The summed E-state index contributed by atoms with van der Waals surface area (Å²) in [5, 5.41) is 0. The summed E-state index contributed by atoms with van der Waals surface area (Å²) in [5.41, 5.74) is 1.17. The molecule has 1 heteroatoms. The highest BCUT2D eigenvalue weighted by Crippen LogP contribution is 1.92. The van der Waals surface area contributed by atoms with Crippen molar-refractivity contribution in [1.82, 2.24) is 0 Å². The second-order valence-corrected chi connectivity index (χ2v) is 1.65. The van der Waals surface area contributed by atoms with E-state index in [4.69, 9.17) is 0 Å². The van der Waals surface area contributed by atoms with Gasteiger partial charge >= 0.3 is 0 Å². The van der Waals surface area contributed by atoms with Gasteiger partial charge in [0.15, 0.2) is 0 Å². The fraction of sp³-hybridized carbons (Fsp3) is 0.500. The Morgan fingerprint density at radius 2 is 2.29 bits per heavy atom. The van der Waals surface area contributed by atoms with E-state index in [0.29, 0.717) is 0 Å². The summed E-state index contributed by atoms with van der Waals surface area (Å²) < 4.78 is 0. The van der Waals surface area contributed by atoms with Gasteiger partial charge in [-0.15, -0.1) is 6.58 Å². The molecule has 0 radical (unpaired) electrons. The molecule has 40 valence electrons. The molecule has 0 aliphatic carbocycles. The average molecular weight is 97.2 g/mol. The fourth-order valence-corrected chi connectivity index (χ4v) is 0.270. The molecule has 0 aromatic rings. The van der Waals surface area contributed by atoms with E-state index >= 15 is 0 Å². The second kappa shape index (κ2) is 3.59. The standard InChI is InChI=1S/C6H11N/c1-6(2)4-5-7-3/h1,3-5H2,2H3. The van der Waals surface area contributed by atoms with Gasteiger partial charge in [0, 0.05) is 6.54 Å². The van der Waals surface area contributed by atoms with E-state index in [1.807, 2.05) is 6.92 Å². The molecule has 0 aromatic heterocycles. The molecule has 0 rings (SSSR count). The zero-order chi connectivity index (χ0) is 5.70. The zero-order valence-corrected chi connectivity index (χ0v) is 4.78. The molecule has 0 N–H and O–H groups in total. The van der Waals surface area contributed by atoms with Gasteiger partial charge in [0.25, 0.3) is 0 Å². The van der Waals surface area contributed by atoms with Crippen LogP contribution in [0.25, 0.3) is 0 Å². The first-order chi connectivity index (χ1) is 3.27. The smallest absolute Gasteiger partial charge is 0.0419 e. The number of rotatable bonds is 3. The highest BCUT2D eigenvalue weighted by molar-refractivity contribution is 5.23. The predicted octanol–water partition coefficient (Wildman–Crippen LogP) is 1.65. The van der Waals surface area contributed by atoms with Gasteiger partial charge < -0.3 is 4.99 Å². The first kappa shape index (κ1) is 6.41. The molecule has 0 saturated heterocycles. The van der Waals surface area contributed by atoms with E-state index in [0.717, 1.165) is 13.0 Å². The van der Waals surface area contributed by atoms with E-state index in [2.05, 4.69) is 18.3 Å². The van der Waals surface area contributed by atoms with E-state index in [-0.39, 0.29) is 0 Å². The topological polar surface area (TPSA) is 12.4 Å². The van der Waals surface area contributed by atoms with E-state index in [1.165, 1.54) is 5.57 Å². The predicted molar refractivity (Wildman–Crippen MR) is 33.8 cm³/mol. The quantitative estimate of drug-likeness (QED) is 0.375. The summed E-state index contributed by atoms with van der Waals surface area (Å²) in [6.07, 6.45) is 0.976. The monoisotopic (exact) mass is 97.1 g/mol. The molecule has 0 bridgehead atoms. The average Bonchev–Trinajstić information content (AvgIpc) is 1.61. The van der Waals surface area contributed by atoms with Crippen molar-refractivity contribution in [2.45, 2.75) is 13.3 Å². The number of hydrogen-bond donors (Lipinski definition) is 0. The highest BCUT2D eigenvalue weighted by atomic mass is 14.7. The van der Waals surface area contributed by atoms with Gasteiger partial charge in [0.2, 0.25) is 0 Å². The Morgan fingerprint density at radius 1 is 1.71 bits per heavy atom. The first-order valence-electron chi connectivity index (χ1n) is 2.34. The van der Waals surface area contributed by atoms with Crippen molar-refractivity contribution in [2.75, 3.05) is 6.54 Å². The summed E-state index contributed by atoms with van der Waals surface area (Å²) in [6.45, 7) is 9.85. The molecule has 0 heterocycles. The molecule has 0 spiro atoms. The van der Waals surface area contributed by atoms with Crippen LogP contribution in [-0.2, 0) is 0 Å². The normalized spacial score (nSPS) is 8.14. The van der Waals surface area contributed by atoms with Crippen LogP contribution in [0.15, 0.2) is 17.1 Å². The van der Waals surface area contributed by atoms with E-state index in [9.17, 15) is 0 Å². The largest absolute Gasteiger partial charge is 0.301 e. The van der Waals surface area contributed by atoms with E-state index in [1.54, 1.807) is 0 Å². The van der Waals surface area contributed by atoms with Crippen molar-refractivity contribution in [1.29, 1.82) is 0 Å². The van der Waals surface area contributed by atoms with Crippen LogP contribution in [0, 0.1) is 0 Å². The van der Waals surface area contributed by atoms with Crippen LogP contribution in [0.1, 0.15) is 13.3 Å². The molecular weight excluding hydrogens is 86.1 g/mol. The van der Waals surface area contributed by atoms with Gasteiger partial charge in [0.1, 0.15) is 0 Å². The minimum absolute atomic E-state index is 0.815. The van der Waals surface area contributed by atoms with Crippen LogP contribution < -0.4 is 0 Å². The molecule has 0 aliphatic heterocycles. The van der Waals surface area contributed by atoms with Crippen LogP contribution in [0.4, 0.5) is 0 Å². The summed E-state index contributed by atoms with van der Waals surface area (Å²) >= 11 is 0. The summed E-state index contributed by atoms with van der Waals surface area (Å²) in [7, 11) is 0. The van der Waals surface area contributed by atoms with Gasteiger partial charge in [0.05, 0.1) is 0 Å². The van der Waals surface area contributed by atoms with Crippen LogP contribution in [0.5, 0.6) is 0 Å². The lowest BCUT2D eigenvalue weighted by atomic mass is 10.2. The minimum Gasteiger partial charge on any atom is -0.301 e. The van der Waals surface area contributed by atoms with Crippen molar-refractivity contribution in [2.24, 2.45) is 4.99 Å². The van der Waals surface area contributed by atoms with Gasteiger partial charge in [-0.25, -0.2) is 0 Å². The van der Waals surface area contributed by atoms with Crippen LogP contribution in [0.3, 0.4) is 0 Å². The molecule has 0 fully saturated rings. The third-order valence-electron chi connectivity index (χ3n) is 0.697. The molecule has 1 nitrogen and oxygen atoms in total. The number of aliphatic imine (C=N–C) groups is 1. The lowest BCUT2D eigenvalue weighted by Crippen LogP contribution is -1.77. The van der Waals surface area contributed by atoms with Crippen LogP contribution >= 0.6 is 0 Å². The Balaban J connectivity index is 2.97. The molecule has 0 amide bonds. The molecular formula is C6H11N. The Kier molecular flexibility index (Phi) is 3.29. The molecule has 0 unspecified atom stereocenters. The summed E-state index contributed by atoms with van der Waals surface area (Å²) in [4.78, 5) is 3.66. The Bertz CT molecular complexity index is 74.2. The van der Waals surface area contributed by atoms with Crippen molar-refractivity contribution in [3.63, 3.8) is 0 Å². The van der Waals surface area contributed by atoms with Crippen molar-refractivity contribution in [3.05, 3.63) is 12.2 Å². The Labute approximate surface area is 44.8 Å². The van der Waals surface area contributed by atoms with Gasteiger partial charge in [-0.1, -0.05) is 5.57 Å². The van der Waals surface area contributed by atoms with Crippen LogP contribution in [0.2, 0.25) is 0 Å². The summed E-state index contributed by atoms with van der Waals surface area (Å²) in [5.74, 6) is 0. The lowest BCUT2D eigenvalue weighted by molar-refractivity contribution is 0.963. The highest BCUT2D eigenvalue weighted by Gasteiger charge is 1.79. The zero-order valence-electron chi connectivity index (χ0n) is 4.78. The molecule has 0 aliphatic rings. The number of nitrogens with zero attached hydrogens (tertiary/aromatic N) is 1. The maximum atomic E-state index is 3.70. The van der Waals surface area contributed by atoms with Gasteiger partial charge in [-0.3, -0.25) is 0 Å². The minimum atomic E-state index is 0.815. The third-order valence-corrected chi connectivity index (χ3v) is 0.697. The SMILES string of the molecule is C=NCCC(=C)C. The van der Waals surface area contributed by atoms with Crippen LogP contribution in [-0.4, -0.2) is 13.3 Å². The first-order valence-corrected chi connectivity index (χ1v) is 2.34. The number of hydrogen-bond acceptors (Lipinski definition) is 1. The molecule has 7 heavy (non-hydrogen) atoms. The van der Waals surface area contributed by atoms with Crippen molar-refractivity contribution >= 4 is 6.72 Å². The molecule has 0 atom stereocenters. The van der Waals surface area contributed by atoms with E-state index < -0.39 is 0 Å². The second-order valence-electron chi connectivity index (χ2n) is 1.65. The fourth-order valence-electron chi connectivity index (χ4n) is 0.270.